The van der Waals surface area contributed by atoms with Gasteiger partial charge in [-0.2, -0.15) is 0 Å². The van der Waals surface area contributed by atoms with Crippen LogP contribution in [-0.4, -0.2) is 36.6 Å². The smallest absolute Gasteiger partial charge is 0.141 e. The maximum absolute atomic E-state index is 10.8. The number of ether oxygens (including phenoxy) is 1. The van der Waals surface area contributed by atoms with Crippen molar-refractivity contribution >= 4 is 17.1 Å². The first-order chi connectivity index (χ1) is 12.2. The van der Waals surface area contributed by atoms with E-state index < -0.39 is 6.10 Å². The molecule has 8 heteroatoms. The molecule has 0 aliphatic carbocycles. The van der Waals surface area contributed by atoms with Crippen molar-refractivity contribution in [1.82, 2.24) is 24.4 Å². The SMILES string of the molecule is COc1ccc(-n2cc([C@H](O)c3c(Cl)ccc4cncn34)nn2)cc1. The third-order valence-corrected chi connectivity index (χ3v) is 4.28. The summed E-state index contributed by atoms with van der Waals surface area (Å²) in [6.45, 7) is 0. The zero-order chi connectivity index (χ0) is 17.4. The molecule has 3 aromatic heterocycles. The van der Waals surface area contributed by atoms with Crippen LogP contribution in [-0.2, 0) is 0 Å². The summed E-state index contributed by atoms with van der Waals surface area (Å²) in [7, 11) is 1.61. The fourth-order valence-electron chi connectivity index (χ4n) is 2.65. The van der Waals surface area contributed by atoms with Gasteiger partial charge in [0.25, 0.3) is 0 Å². The third kappa shape index (κ3) is 2.73. The Bertz CT molecular complexity index is 1030. The van der Waals surface area contributed by atoms with Crippen LogP contribution >= 0.6 is 11.6 Å². The summed E-state index contributed by atoms with van der Waals surface area (Å²) >= 11 is 6.28. The minimum Gasteiger partial charge on any atom is -0.497 e. The molecule has 0 aliphatic rings. The molecular formula is C17H14ClN5O2. The van der Waals surface area contributed by atoms with E-state index in [0.717, 1.165) is 17.0 Å². The summed E-state index contributed by atoms with van der Waals surface area (Å²) in [6.07, 6.45) is 3.94. The summed E-state index contributed by atoms with van der Waals surface area (Å²) in [5.41, 5.74) is 2.53. The van der Waals surface area contributed by atoms with Crippen LogP contribution in [0.1, 0.15) is 17.5 Å². The second-order valence-electron chi connectivity index (χ2n) is 5.44. The first-order valence-corrected chi connectivity index (χ1v) is 7.90. The minimum absolute atomic E-state index is 0.388. The van der Waals surface area contributed by atoms with Crippen LogP contribution in [0.15, 0.2) is 55.1 Å². The summed E-state index contributed by atoms with van der Waals surface area (Å²) < 4.78 is 8.46. The molecule has 0 bridgehead atoms. The average molecular weight is 356 g/mol. The molecule has 0 fully saturated rings. The highest BCUT2D eigenvalue weighted by atomic mass is 35.5. The number of aliphatic hydroxyl groups is 1. The number of hydrogen-bond donors (Lipinski definition) is 1. The van der Waals surface area contributed by atoms with Crippen molar-refractivity contribution in [2.75, 3.05) is 7.11 Å². The zero-order valence-corrected chi connectivity index (χ0v) is 14.0. The Labute approximate surface area is 148 Å². The monoisotopic (exact) mass is 355 g/mol. The Hall–Kier alpha value is -2.90. The molecule has 3 heterocycles. The van der Waals surface area contributed by atoms with Gasteiger partial charge in [-0.3, -0.25) is 4.40 Å². The molecule has 126 valence electrons. The van der Waals surface area contributed by atoms with E-state index in [-0.39, 0.29) is 0 Å². The van der Waals surface area contributed by atoms with Crippen molar-refractivity contribution in [3.63, 3.8) is 0 Å². The minimum atomic E-state index is -1.03. The van der Waals surface area contributed by atoms with E-state index in [4.69, 9.17) is 16.3 Å². The van der Waals surface area contributed by atoms with Gasteiger partial charge in [-0.15, -0.1) is 5.10 Å². The predicted octanol–water partition coefficient (Wildman–Crippen LogP) is 2.66. The second-order valence-corrected chi connectivity index (χ2v) is 5.85. The normalized spacial score (nSPS) is 12.4. The fraction of sp³-hybridized carbons (Fsp3) is 0.118. The standard InChI is InChI=1S/C17H14ClN5O2/c1-25-13-5-2-11(3-6-13)23-9-15(20-21-23)17(24)16-14(18)7-4-12-8-19-10-22(12)16/h2-10,17,24H,1H3/t17-/m0/s1. The number of aromatic nitrogens is 5. The van der Waals surface area contributed by atoms with Crippen molar-refractivity contribution in [3.8, 4) is 11.4 Å². The van der Waals surface area contributed by atoms with E-state index in [1.807, 2.05) is 30.3 Å². The van der Waals surface area contributed by atoms with E-state index in [9.17, 15) is 5.11 Å². The molecule has 1 N–H and O–H groups in total. The molecule has 0 saturated heterocycles. The quantitative estimate of drug-likeness (QED) is 0.609. The predicted molar refractivity (Wildman–Crippen MR) is 92.2 cm³/mol. The van der Waals surface area contributed by atoms with E-state index in [1.165, 1.54) is 0 Å². The average Bonchev–Trinajstić information content (AvgIpc) is 3.30. The lowest BCUT2D eigenvalue weighted by Crippen LogP contribution is -2.07. The number of benzene rings is 1. The number of halogens is 1. The number of fused-ring (bicyclic) bond motifs is 1. The molecule has 0 unspecified atom stereocenters. The van der Waals surface area contributed by atoms with Crippen molar-refractivity contribution in [2.45, 2.75) is 6.10 Å². The molecule has 0 saturated carbocycles. The molecule has 0 radical (unpaired) electrons. The van der Waals surface area contributed by atoms with E-state index in [0.29, 0.717) is 16.4 Å². The fourth-order valence-corrected chi connectivity index (χ4v) is 2.91. The van der Waals surface area contributed by atoms with Gasteiger partial charge >= 0.3 is 0 Å². The van der Waals surface area contributed by atoms with Crippen LogP contribution in [0.5, 0.6) is 5.75 Å². The van der Waals surface area contributed by atoms with Crippen LogP contribution in [0.4, 0.5) is 0 Å². The first kappa shape index (κ1) is 15.6. The Morgan fingerprint density at radius 2 is 1.96 bits per heavy atom. The molecule has 4 aromatic rings. The van der Waals surface area contributed by atoms with Gasteiger partial charge in [-0.25, -0.2) is 9.67 Å². The molecule has 1 aromatic carbocycles. The number of methoxy groups -OCH3 is 1. The lowest BCUT2D eigenvalue weighted by Gasteiger charge is -2.12. The number of aliphatic hydroxyl groups excluding tert-OH is 1. The number of rotatable bonds is 4. The first-order valence-electron chi connectivity index (χ1n) is 7.52. The van der Waals surface area contributed by atoms with Crippen LogP contribution in [0.2, 0.25) is 5.02 Å². The van der Waals surface area contributed by atoms with Crippen LogP contribution in [0, 0.1) is 0 Å². The zero-order valence-electron chi connectivity index (χ0n) is 13.2. The van der Waals surface area contributed by atoms with Gasteiger partial charge in [0.15, 0.2) is 0 Å². The van der Waals surface area contributed by atoms with E-state index >= 15 is 0 Å². The Morgan fingerprint density at radius 3 is 2.72 bits per heavy atom. The summed E-state index contributed by atoms with van der Waals surface area (Å²) in [5.74, 6) is 0.752. The lowest BCUT2D eigenvalue weighted by molar-refractivity contribution is 0.209. The van der Waals surface area contributed by atoms with Gasteiger partial charge in [0.1, 0.15) is 17.5 Å². The molecule has 4 rings (SSSR count). The Kier molecular flexibility index (Phi) is 3.87. The summed E-state index contributed by atoms with van der Waals surface area (Å²) in [4.78, 5) is 4.09. The van der Waals surface area contributed by atoms with Gasteiger partial charge in [0.2, 0.25) is 0 Å². The topological polar surface area (TPSA) is 77.5 Å². The van der Waals surface area contributed by atoms with Gasteiger partial charge in [-0.05, 0) is 36.4 Å². The Morgan fingerprint density at radius 1 is 1.16 bits per heavy atom. The number of imidazole rings is 1. The third-order valence-electron chi connectivity index (χ3n) is 3.96. The van der Waals surface area contributed by atoms with Gasteiger partial charge in [-0.1, -0.05) is 16.8 Å². The molecule has 7 nitrogen and oxygen atoms in total. The molecule has 0 amide bonds. The molecular weight excluding hydrogens is 342 g/mol. The maximum atomic E-state index is 10.8. The number of nitrogens with zero attached hydrogens (tertiary/aromatic N) is 5. The van der Waals surface area contributed by atoms with Crippen molar-refractivity contribution in [3.05, 3.63) is 71.5 Å². The highest BCUT2D eigenvalue weighted by molar-refractivity contribution is 6.31. The highest BCUT2D eigenvalue weighted by Crippen LogP contribution is 2.28. The van der Waals surface area contributed by atoms with Crippen LogP contribution in [0.3, 0.4) is 0 Å². The molecule has 1 atom stereocenters. The molecule has 25 heavy (non-hydrogen) atoms. The van der Waals surface area contributed by atoms with Crippen molar-refractivity contribution in [1.29, 1.82) is 0 Å². The lowest BCUT2D eigenvalue weighted by atomic mass is 10.1. The summed E-state index contributed by atoms with van der Waals surface area (Å²) in [6, 6.07) is 10.9. The number of hydrogen-bond acceptors (Lipinski definition) is 5. The maximum Gasteiger partial charge on any atom is 0.141 e. The van der Waals surface area contributed by atoms with Crippen LogP contribution in [0.25, 0.3) is 11.2 Å². The van der Waals surface area contributed by atoms with Gasteiger partial charge in [0, 0.05) is 0 Å². The molecule has 0 spiro atoms. The number of pyridine rings is 1. The van der Waals surface area contributed by atoms with Crippen molar-refractivity contribution in [2.24, 2.45) is 0 Å². The highest BCUT2D eigenvalue weighted by Gasteiger charge is 2.21. The van der Waals surface area contributed by atoms with Gasteiger partial charge < -0.3 is 9.84 Å². The van der Waals surface area contributed by atoms with Gasteiger partial charge in [0.05, 0.1) is 47.8 Å². The largest absolute Gasteiger partial charge is 0.497 e. The van der Waals surface area contributed by atoms with Crippen molar-refractivity contribution < 1.29 is 9.84 Å². The van der Waals surface area contributed by atoms with Crippen LogP contribution < -0.4 is 4.74 Å². The van der Waals surface area contributed by atoms with E-state index in [1.54, 1.807) is 41.0 Å². The molecule has 0 aliphatic heterocycles. The summed E-state index contributed by atoms with van der Waals surface area (Å²) in [5, 5.41) is 19.4. The van der Waals surface area contributed by atoms with E-state index in [2.05, 4.69) is 15.3 Å². The Balaban J connectivity index is 1.71. The second kappa shape index (κ2) is 6.19.